The number of likely N-dealkylation sites (tertiary alicyclic amines) is 1. The highest BCUT2D eigenvalue weighted by molar-refractivity contribution is 6.01. The number of cyclic esters (lactones) is 1. The molecule has 7 heteroatoms. The van der Waals surface area contributed by atoms with Crippen LogP contribution in [0.3, 0.4) is 0 Å². The van der Waals surface area contributed by atoms with Crippen molar-refractivity contribution in [3.8, 4) is 5.75 Å². The number of methoxy groups -OCH3 is 1. The minimum Gasteiger partial charge on any atom is -0.496 e. The zero-order chi connectivity index (χ0) is 23.8. The Bertz CT molecular complexity index is 887. The number of benzene rings is 1. The molecule has 2 heterocycles. The summed E-state index contributed by atoms with van der Waals surface area (Å²) in [6.45, 7) is 10.5. The molecule has 3 rings (SSSR count). The van der Waals surface area contributed by atoms with Gasteiger partial charge in [-0.3, -0.25) is 9.69 Å². The summed E-state index contributed by atoms with van der Waals surface area (Å²) in [7, 11) is 1.65. The topological polar surface area (TPSA) is 77.1 Å². The average molecular weight is 459 g/mol. The summed E-state index contributed by atoms with van der Waals surface area (Å²) in [6.07, 6.45) is 7.50. The predicted octanol–water partition coefficient (Wildman–Crippen LogP) is 4.40. The maximum Gasteiger partial charge on any atom is 0.341 e. The van der Waals surface area contributed by atoms with Gasteiger partial charge in [0.2, 0.25) is 0 Å². The lowest BCUT2D eigenvalue weighted by Crippen LogP contribution is -2.33. The van der Waals surface area contributed by atoms with Gasteiger partial charge in [-0.05, 0) is 65.1 Å². The van der Waals surface area contributed by atoms with E-state index in [0.29, 0.717) is 38.0 Å². The maximum absolute atomic E-state index is 12.4. The molecular formula is C26H38N2O5. The summed E-state index contributed by atoms with van der Waals surface area (Å²) in [5.74, 6) is 0.340. The Morgan fingerprint density at radius 2 is 1.97 bits per heavy atom. The zero-order valence-corrected chi connectivity index (χ0v) is 20.6. The molecular weight excluding hydrogens is 420 g/mol. The fraction of sp³-hybridized carbons (Fsp3) is 0.615. The first-order chi connectivity index (χ1) is 16.0. The van der Waals surface area contributed by atoms with E-state index in [1.165, 1.54) is 19.3 Å². The number of hydrogen-bond acceptors (Lipinski definition) is 7. The molecule has 1 aromatic carbocycles. The van der Waals surface area contributed by atoms with Gasteiger partial charge >= 0.3 is 11.9 Å². The van der Waals surface area contributed by atoms with Crippen LogP contribution in [0.25, 0.3) is 0 Å². The molecule has 0 saturated carbocycles. The summed E-state index contributed by atoms with van der Waals surface area (Å²) in [5.41, 5.74) is 5.29. The number of carbonyl (C=O) groups is 2. The molecule has 0 unspecified atom stereocenters. The van der Waals surface area contributed by atoms with Crippen LogP contribution >= 0.6 is 0 Å². The van der Waals surface area contributed by atoms with Crippen molar-refractivity contribution >= 4 is 17.6 Å². The average Bonchev–Trinajstić information content (AvgIpc) is 3.21. The van der Waals surface area contributed by atoms with Gasteiger partial charge in [0, 0.05) is 30.6 Å². The number of nitrogens with zero attached hydrogens (tertiary/aromatic N) is 1. The molecule has 2 aliphatic heterocycles. The number of hydrogen-bond donors (Lipinski definition) is 1. The third-order valence-corrected chi connectivity index (χ3v) is 6.53. The van der Waals surface area contributed by atoms with Crippen LogP contribution in [0.1, 0.15) is 73.0 Å². The fourth-order valence-corrected chi connectivity index (χ4v) is 4.65. The highest BCUT2D eigenvalue weighted by Crippen LogP contribution is 2.41. The van der Waals surface area contributed by atoms with E-state index in [2.05, 4.69) is 16.3 Å². The van der Waals surface area contributed by atoms with Crippen LogP contribution in [0, 0.1) is 6.92 Å². The number of esters is 2. The quantitative estimate of drug-likeness (QED) is 0.389. The highest BCUT2D eigenvalue weighted by Gasteiger charge is 2.31. The van der Waals surface area contributed by atoms with Gasteiger partial charge in [-0.15, -0.1) is 0 Å². The molecule has 0 aromatic heterocycles. The van der Waals surface area contributed by atoms with Crippen LogP contribution in [0.2, 0.25) is 0 Å². The molecule has 1 saturated heterocycles. The molecule has 0 spiro atoms. The van der Waals surface area contributed by atoms with Crippen LogP contribution in [0.5, 0.6) is 5.75 Å². The number of allylic oxidation sites excluding steroid dienone is 2. The largest absolute Gasteiger partial charge is 0.496 e. The monoisotopic (exact) mass is 458 g/mol. The second-order valence-electron chi connectivity index (χ2n) is 8.85. The molecule has 7 nitrogen and oxygen atoms in total. The summed E-state index contributed by atoms with van der Waals surface area (Å²) in [4.78, 5) is 26.9. The lowest BCUT2D eigenvalue weighted by atomic mass is 9.93. The van der Waals surface area contributed by atoms with E-state index in [0.717, 1.165) is 53.3 Å². The minimum atomic E-state index is -0.291. The SMILES string of the molecule is CCNc1c(C/C=C(\C)CCC(=O)OCCN2CCCCC2)c(OC)c(C)c2c1C(=O)OC2. The third-order valence-electron chi connectivity index (χ3n) is 6.53. The predicted molar refractivity (Wildman–Crippen MR) is 129 cm³/mol. The van der Waals surface area contributed by atoms with Crippen LogP contribution in [0.15, 0.2) is 11.6 Å². The number of carbonyl (C=O) groups excluding carboxylic acids is 2. The standard InChI is InChI=1S/C26H38N2O5/c1-5-27-24-20(25(31-4)19(3)21-17-33-26(30)23(21)24)11-9-18(2)10-12-22(29)32-16-15-28-13-7-6-8-14-28/h9,27H,5-8,10-17H2,1-4H3/b18-9+. The number of ether oxygens (including phenoxy) is 3. The number of fused-ring (bicyclic) bond motifs is 1. The molecule has 0 atom stereocenters. The second-order valence-corrected chi connectivity index (χ2v) is 8.85. The van der Waals surface area contributed by atoms with Crippen LogP contribution in [0.4, 0.5) is 5.69 Å². The van der Waals surface area contributed by atoms with Gasteiger partial charge in [-0.1, -0.05) is 18.1 Å². The Labute approximate surface area is 197 Å². The van der Waals surface area contributed by atoms with Crippen molar-refractivity contribution in [1.82, 2.24) is 4.90 Å². The maximum atomic E-state index is 12.4. The van der Waals surface area contributed by atoms with E-state index >= 15 is 0 Å². The van der Waals surface area contributed by atoms with Crippen molar-refractivity contribution in [2.24, 2.45) is 0 Å². The number of rotatable bonds is 11. The van der Waals surface area contributed by atoms with Gasteiger partial charge in [-0.25, -0.2) is 4.79 Å². The molecule has 33 heavy (non-hydrogen) atoms. The van der Waals surface area contributed by atoms with E-state index in [-0.39, 0.29) is 18.5 Å². The first-order valence-electron chi connectivity index (χ1n) is 12.1. The van der Waals surface area contributed by atoms with Gasteiger partial charge in [0.25, 0.3) is 0 Å². The van der Waals surface area contributed by atoms with E-state index in [1.54, 1.807) is 7.11 Å². The molecule has 1 aromatic rings. The molecule has 0 amide bonds. The van der Waals surface area contributed by atoms with Crippen molar-refractivity contribution in [2.45, 2.75) is 65.9 Å². The lowest BCUT2D eigenvalue weighted by Gasteiger charge is -2.25. The smallest absolute Gasteiger partial charge is 0.341 e. The first-order valence-corrected chi connectivity index (χ1v) is 12.1. The first kappa shape index (κ1) is 25.1. The van der Waals surface area contributed by atoms with Crippen molar-refractivity contribution in [3.63, 3.8) is 0 Å². The van der Waals surface area contributed by atoms with E-state index in [4.69, 9.17) is 14.2 Å². The lowest BCUT2D eigenvalue weighted by molar-refractivity contribution is -0.144. The Morgan fingerprint density at radius 3 is 2.67 bits per heavy atom. The summed E-state index contributed by atoms with van der Waals surface area (Å²) < 4.78 is 16.5. The Balaban J connectivity index is 1.60. The summed E-state index contributed by atoms with van der Waals surface area (Å²) >= 11 is 0. The molecule has 182 valence electrons. The van der Waals surface area contributed by atoms with E-state index < -0.39 is 0 Å². The van der Waals surface area contributed by atoms with Crippen molar-refractivity contribution in [2.75, 3.05) is 45.2 Å². The third kappa shape index (κ3) is 6.28. The van der Waals surface area contributed by atoms with Crippen molar-refractivity contribution < 1.29 is 23.8 Å². The van der Waals surface area contributed by atoms with Gasteiger partial charge in [0.05, 0.1) is 18.4 Å². The normalized spacial score (nSPS) is 16.4. The van der Waals surface area contributed by atoms with E-state index in [1.807, 2.05) is 20.8 Å². The van der Waals surface area contributed by atoms with Gasteiger partial charge in [-0.2, -0.15) is 0 Å². The Morgan fingerprint density at radius 1 is 1.21 bits per heavy atom. The molecule has 0 bridgehead atoms. The Kier molecular flexibility index (Phi) is 9.18. The number of anilines is 1. The molecule has 1 fully saturated rings. The molecule has 0 aliphatic carbocycles. The minimum absolute atomic E-state index is 0.151. The van der Waals surface area contributed by atoms with Gasteiger partial charge in [0.15, 0.2) is 0 Å². The number of piperidine rings is 1. The highest BCUT2D eigenvalue weighted by atomic mass is 16.5. The number of nitrogens with one attached hydrogen (secondary N) is 1. The Hall–Kier alpha value is -2.54. The van der Waals surface area contributed by atoms with Crippen LogP contribution < -0.4 is 10.1 Å². The van der Waals surface area contributed by atoms with Gasteiger partial charge in [0.1, 0.15) is 19.0 Å². The molecule has 2 aliphatic rings. The molecule has 0 radical (unpaired) electrons. The van der Waals surface area contributed by atoms with Crippen molar-refractivity contribution in [3.05, 3.63) is 33.9 Å². The molecule has 1 N–H and O–H groups in total. The van der Waals surface area contributed by atoms with E-state index in [9.17, 15) is 9.59 Å². The van der Waals surface area contributed by atoms with Crippen molar-refractivity contribution in [1.29, 1.82) is 0 Å². The zero-order valence-electron chi connectivity index (χ0n) is 20.6. The van der Waals surface area contributed by atoms with Crippen LogP contribution in [-0.4, -0.2) is 56.7 Å². The fourth-order valence-electron chi connectivity index (χ4n) is 4.65. The van der Waals surface area contributed by atoms with Crippen LogP contribution in [-0.2, 0) is 27.3 Å². The van der Waals surface area contributed by atoms with Gasteiger partial charge < -0.3 is 19.5 Å². The second kappa shape index (κ2) is 12.1. The summed E-state index contributed by atoms with van der Waals surface area (Å²) in [5, 5.41) is 3.34. The summed E-state index contributed by atoms with van der Waals surface area (Å²) in [6, 6.07) is 0.